The molecule has 0 saturated heterocycles. The Morgan fingerprint density at radius 2 is 2.11 bits per heavy atom. The Labute approximate surface area is 108 Å². The van der Waals surface area contributed by atoms with Crippen LogP contribution in [0.5, 0.6) is 0 Å². The van der Waals surface area contributed by atoms with Crippen LogP contribution >= 0.6 is 0 Å². The zero-order valence-electron chi connectivity index (χ0n) is 10.9. The maximum absolute atomic E-state index is 13.4. The minimum atomic E-state index is -0.285. The molecule has 0 aliphatic heterocycles. The summed E-state index contributed by atoms with van der Waals surface area (Å²) in [4.78, 5) is 13.9. The monoisotopic (exact) mass is 249 g/mol. The average molecular weight is 249 g/mol. The molecule has 1 saturated carbocycles. The fourth-order valence-electron chi connectivity index (χ4n) is 2.39. The van der Waals surface area contributed by atoms with E-state index in [2.05, 4.69) is 4.90 Å². The Morgan fingerprint density at radius 3 is 2.72 bits per heavy atom. The average Bonchev–Trinajstić information content (AvgIpc) is 2.27. The molecular weight excluding hydrogens is 229 g/mol. The number of rotatable bonds is 6. The summed E-state index contributed by atoms with van der Waals surface area (Å²) < 4.78 is 13.4. The summed E-state index contributed by atoms with van der Waals surface area (Å²) >= 11 is 0. The summed E-state index contributed by atoms with van der Waals surface area (Å²) in [5.41, 5.74) is 0.500. The van der Waals surface area contributed by atoms with Gasteiger partial charge in [0.1, 0.15) is 5.82 Å². The normalized spacial score (nSPS) is 15.7. The van der Waals surface area contributed by atoms with Crippen molar-refractivity contribution in [1.82, 2.24) is 4.90 Å². The van der Waals surface area contributed by atoms with Gasteiger partial charge >= 0.3 is 0 Å². The molecule has 0 bridgehead atoms. The minimum Gasteiger partial charge on any atom is -0.299 e. The van der Waals surface area contributed by atoms with Crippen molar-refractivity contribution in [3.05, 3.63) is 35.6 Å². The lowest BCUT2D eigenvalue weighted by atomic mass is 9.85. The lowest BCUT2D eigenvalue weighted by Crippen LogP contribution is -2.33. The number of hydrogen-bond acceptors (Lipinski definition) is 2. The molecule has 0 atom stereocenters. The Bertz CT molecular complexity index is 415. The molecule has 3 heteroatoms. The molecule has 0 N–H and O–H groups in total. The van der Waals surface area contributed by atoms with Crippen LogP contribution in [-0.2, 0) is 11.2 Å². The van der Waals surface area contributed by atoms with E-state index in [1.54, 1.807) is 18.2 Å². The molecule has 0 unspecified atom stereocenters. The smallest absolute Gasteiger partial charge is 0.151 e. The number of hydrogen-bond donors (Lipinski definition) is 0. The number of halogens is 1. The molecule has 2 nitrogen and oxygen atoms in total. The van der Waals surface area contributed by atoms with Crippen LogP contribution in [0.4, 0.5) is 4.39 Å². The number of carbonyl (C=O) groups is 1. The van der Waals surface area contributed by atoms with Gasteiger partial charge in [-0.2, -0.15) is 0 Å². The highest BCUT2D eigenvalue weighted by atomic mass is 19.1. The number of ketones is 1. The quantitative estimate of drug-likeness (QED) is 0.772. The van der Waals surface area contributed by atoms with Crippen molar-refractivity contribution in [2.45, 2.75) is 25.7 Å². The van der Waals surface area contributed by atoms with Crippen LogP contribution in [0.25, 0.3) is 0 Å². The summed E-state index contributed by atoms with van der Waals surface area (Å²) in [6.45, 7) is 1.41. The van der Waals surface area contributed by atoms with Gasteiger partial charge in [-0.3, -0.25) is 9.69 Å². The van der Waals surface area contributed by atoms with Gasteiger partial charge in [-0.1, -0.05) is 24.6 Å². The second-order valence-corrected chi connectivity index (χ2v) is 5.30. The molecule has 2 rings (SSSR count). The van der Waals surface area contributed by atoms with E-state index in [0.717, 1.165) is 12.5 Å². The lowest BCUT2D eigenvalue weighted by Gasteiger charge is -2.29. The second-order valence-electron chi connectivity index (χ2n) is 5.30. The summed E-state index contributed by atoms with van der Waals surface area (Å²) in [6.07, 6.45) is 4.08. The van der Waals surface area contributed by atoms with Gasteiger partial charge in [0.25, 0.3) is 0 Å². The van der Waals surface area contributed by atoms with E-state index >= 15 is 0 Å². The van der Waals surface area contributed by atoms with E-state index in [0.29, 0.717) is 12.1 Å². The molecule has 0 spiro atoms. The maximum atomic E-state index is 13.4. The molecule has 0 amide bonds. The maximum Gasteiger partial charge on any atom is 0.151 e. The van der Waals surface area contributed by atoms with Gasteiger partial charge in [0, 0.05) is 13.0 Å². The molecule has 0 aromatic heterocycles. The number of carbonyl (C=O) groups excluding carboxylic acids is 1. The first-order chi connectivity index (χ1) is 8.65. The number of Topliss-reactive ketones (excluding diaryl/α,β-unsaturated/α-hetero) is 1. The van der Waals surface area contributed by atoms with Crippen LogP contribution in [0.15, 0.2) is 24.3 Å². The van der Waals surface area contributed by atoms with Gasteiger partial charge in [-0.05, 0) is 37.4 Å². The van der Waals surface area contributed by atoms with Gasteiger partial charge in [0.15, 0.2) is 5.78 Å². The Balaban J connectivity index is 1.79. The van der Waals surface area contributed by atoms with Crippen LogP contribution in [0, 0.1) is 11.7 Å². The zero-order valence-corrected chi connectivity index (χ0v) is 10.9. The second kappa shape index (κ2) is 6.10. The van der Waals surface area contributed by atoms with Crippen molar-refractivity contribution in [3.8, 4) is 0 Å². The predicted octanol–water partition coefficient (Wildman–Crippen LogP) is 2.67. The first-order valence-corrected chi connectivity index (χ1v) is 6.59. The standard InChI is InChI=1S/C15H20FNO/c1-17(10-12-5-4-6-12)11-14(18)9-13-7-2-3-8-15(13)16/h2-3,7-8,12H,4-6,9-11H2,1H3. The fourth-order valence-corrected chi connectivity index (χ4v) is 2.39. The van der Waals surface area contributed by atoms with Gasteiger partial charge in [0.05, 0.1) is 6.54 Å². The van der Waals surface area contributed by atoms with E-state index in [4.69, 9.17) is 0 Å². The summed E-state index contributed by atoms with van der Waals surface area (Å²) in [5, 5.41) is 0. The van der Waals surface area contributed by atoms with E-state index in [1.807, 2.05) is 7.05 Å². The van der Waals surface area contributed by atoms with Crippen molar-refractivity contribution in [3.63, 3.8) is 0 Å². The highest BCUT2D eigenvalue weighted by molar-refractivity contribution is 5.82. The van der Waals surface area contributed by atoms with Crippen LogP contribution in [-0.4, -0.2) is 30.8 Å². The largest absolute Gasteiger partial charge is 0.299 e. The molecule has 1 aliphatic rings. The van der Waals surface area contributed by atoms with Crippen LogP contribution < -0.4 is 0 Å². The molecule has 1 aliphatic carbocycles. The van der Waals surface area contributed by atoms with E-state index in [9.17, 15) is 9.18 Å². The molecular formula is C15H20FNO. The lowest BCUT2D eigenvalue weighted by molar-refractivity contribution is -0.119. The van der Waals surface area contributed by atoms with Crippen molar-refractivity contribution in [1.29, 1.82) is 0 Å². The molecule has 1 aromatic carbocycles. The Hall–Kier alpha value is -1.22. The van der Waals surface area contributed by atoms with Crippen LogP contribution in [0.1, 0.15) is 24.8 Å². The molecule has 1 fully saturated rings. The van der Waals surface area contributed by atoms with Crippen molar-refractivity contribution in [2.24, 2.45) is 5.92 Å². The first kappa shape index (κ1) is 13.2. The summed E-state index contributed by atoms with van der Waals surface area (Å²) in [6, 6.07) is 6.50. The third kappa shape index (κ3) is 3.64. The van der Waals surface area contributed by atoms with Crippen molar-refractivity contribution in [2.75, 3.05) is 20.1 Å². The summed E-state index contributed by atoms with van der Waals surface area (Å²) in [7, 11) is 1.97. The Morgan fingerprint density at radius 1 is 1.39 bits per heavy atom. The van der Waals surface area contributed by atoms with E-state index in [-0.39, 0.29) is 18.0 Å². The number of likely N-dealkylation sites (N-methyl/N-ethyl adjacent to an activating group) is 1. The first-order valence-electron chi connectivity index (χ1n) is 6.59. The molecule has 1 aromatic rings. The van der Waals surface area contributed by atoms with E-state index in [1.165, 1.54) is 25.3 Å². The molecule has 98 valence electrons. The highest BCUT2D eigenvalue weighted by Gasteiger charge is 2.20. The summed E-state index contributed by atoms with van der Waals surface area (Å²) in [5.74, 6) is 0.561. The van der Waals surface area contributed by atoms with Gasteiger partial charge in [-0.25, -0.2) is 4.39 Å². The van der Waals surface area contributed by atoms with Gasteiger partial charge in [-0.15, -0.1) is 0 Å². The number of nitrogens with zero attached hydrogens (tertiary/aromatic N) is 1. The van der Waals surface area contributed by atoms with Gasteiger partial charge in [0.2, 0.25) is 0 Å². The number of benzene rings is 1. The molecule has 18 heavy (non-hydrogen) atoms. The SMILES string of the molecule is CN(CC(=O)Cc1ccccc1F)CC1CCC1. The van der Waals surface area contributed by atoms with Gasteiger partial charge < -0.3 is 0 Å². The Kier molecular flexibility index (Phi) is 4.48. The fraction of sp³-hybridized carbons (Fsp3) is 0.533. The molecule has 0 heterocycles. The minimum absolute atomic E-state index is 0.0851. The highest BCUT2D eigenvalue weighted by Crippen LogP contribution is 2.26. The topological polar surface area (TPSA) is 20.3 Å². The third-order valence-corrected chi connectivity index (χ3v) is 3.59. The van der Waals surface area contributed by atoms with Crippen LogP contribution in [0.2, 0.25) is 0 Å². The third-order valence-electron chi connectivity index (χ3n) is 3.59. The van der Waals surface area contributed by atoms with Crippen molar-refractivity contribution >= 4 is 5.78 Å². The van der Waals surface area contributed by atoms with Crippen LogP contribution in [0.3, 0.4) is 0 Å². The van der Waals surface area contributed by atoms with Crippen molar-refractivity contribution < 1.29 is 9.18 Å². The molecule has 0 radical (unpaired) electrons. The van der Waals surface area contributed by atoms with E-state index < -0.39 is 0 Å². The zero-order chi connectivity index (χ0) is 13.0. The predicted molar refractivity (Wildman–Crippen MR) is 69.9 cm³/mol.